The largest absolute Gasteiger partial charge is 0.508 e. The highest BCUT2D eigenvalue weighted by Crippen LogP contribution is 2.26. The van der Waals surface area contributed by atoms with Gasteiger partial charge in [0.2, 0.25) is 0 Å². The Morgan fingerprint density at radius 1 is 0.821 bits per heavy atom. The zero-order valence-corrected chi connectivity index (χ0v) is 18.8. The second-order valence-corrected chi connectivity index (χ2v) is 8.95. The third-order valence-corrected chi connectivity index (χ3v) is 6.08. The van der Waals surface area contributed by atoms with Crippen LogP contribution >= 0.6 is 0 Å². The number of hydrogen-bond acceptors (Lipinski definition) is 4. The number of unbranched alkanes of at least 4 members (excludes halogenated alkanes) is 10. The molecule has 1 fully saturated rings. The van der Waals surface area contributed by atoms with E-state index in [-0.39, 0.29) is 0 Å². The molecule has 0 amide bonds. The summed E-state index contributed by atoms with van der Waals surface area (Å²) in [6.07, 6.45) is 19.6. The van der Waals surface area contributed by atoms with Crippen LogP contribution in [0.4, 0.5) is 4.79 Å². The minimum Gasteiger partial charge on any atom is -0.434 e. The fraction of sp³-hybridized carbons (Fsp3) is 0.958. The summed E-state index contributed by atoms with van der Waals surface area (Å²) >= 11 is 0. The highest BCUT2D eigenvalue weighted by Gasteiger charge is 2.27. The Labute approximate surface area is 174 Å². The van der Waals surface area contributed by atoms with E-state index >= 15 is 0 Å². The van der Waals surface area contributed by atoms with Crippen LogP contribution in [0.1, 0.15) is 117 Å². The van der Waals surface area contributed by atoms with Crippen LogP contribution in [0.25, 0.3) is 0 Å². The first-order valence-electron chi connectivity index (χ1n) is 12.2. The molecule has 0 saturated heterocycles. The molecule has 1 aliphatic rings. The summed E-state index contributed by atoms with van der Waals surface area (Å²) in [5.74, 6) is 0.923. The number of hydrogen-bond donors (Lipinski definition) is 1. The summed E-state index contributed by atoms with van der Waals surface area (Å²) < 4.78 is 10.7. The van der Waals surface area contributed by atoms with E-state index in [0.29, 0.717) is 31.1 Å². The zero-order valence-electron chi connectivity index (χ0n) is 18.8. The summed E-state index contributed by atoms with van der Waals surface area (Å²) in [5.41, 5.74) is 5.77. The van der Waals surface area contributed by atoms with Crippen LogP contribution in [0.2, 0.25) is 0 Å². The third kappa shape index (κ3) is 13.4. The molecule has 0 atom stereocenters. The van der Waals surface area contributed by atoms with E-state index in [1.54, 1.807) is 0 Å². The Balaban J connectivity index is 2.17. The first-order chi connectivity index (χ1) is 13.7. The highest BCUT2D eigenvalue weighted by molar-refractivity contribution is 5.59. The second kappa shape index (κ2) is 17.1. The first kappa shape index (κ1) is 25.3. The molecule has 2 N–H and O–H groups in total. The van der Waals surface area contributed by atoms with Gasteiger partial charge in [-0.05, 0) is 37.5 Å². The summed E-state index contributed by atoms with van der Waals surface area (Å²) in [7, 11) is 0. The molecule has 0 unspecified atom stereocenters. The van der Waals surface area contributed by atoms with Gasteiger partial charge in [0.1, 0.15) is 0 Å². The molecule has 0 spiro atoms. The Kier molecular flexibility index (Phi) is 15.4. The molecule has 0 aromatic heterocycles. The Bertz CT molecular complexity index is 353. The fourth-order valence-electron chi connectivity index (χ4n) is 4.07. The molecule has 0 heterocycles. The van der Waals surface area contributed by atoms with Crippen molar-refractivity contribution in [2.45, 2.75) is 123 Å². The molecule has 0 bridgehead atoms. The van der Waals surface area contributed by atoms with Crippen LogP contribution in [0.15, 0.2) is 0 Å². The average molecular weight is 398 g/mol. The summed E-state index contributed by atoms with van der Waals surface area (Å²) in [6, 6.07) is 0.295. The van der Waals surface area contributed by atoms with Crippen LogP contribution < -0.4 is 5.73 Å². The monoisotopic (exact) mass is 397 g/mol. The molecule has 1 rings (SSSR count). The van der Waals surface area contributed by atoms with Gasteiger partial charge in [-0.1, -0.05) is 90.9 Å². The maximum Gasteiger partial charge on any atom is 0.508 e. The van der Waals surface area contributed by atoms with Crippen molar-refractivity contribution in [3.8, 4) is 0 Å². The van der Waals surface area contributed by atoms with Crippen molar-refractivity contribution in [3.05, 3.63) is 0 Å². The molecule has 1 saturated carbocycles. The van der Waals surface area contributed by atoms with E-state index in [4.69, 9.17) is 15.2 Å². The van der Waals surface area contributed by atoms with Gasteiger partial charge in [-0.25, -0.2) is 4.79 Å². The van der Waals surface area contributed by atoms with Gasteiger partial charge in [-0.2, -0.15) is 0 Å². The summed E-state index contributed by atoms with van der Waals surface area (Å²) in [6.45, 7) is 5.50. The molecule has 0 radical (unpaired) electrons. The normalized spacial score (nSPS) is 18.9. The lowest BCUT2D eigenvalue weighted by Gasteiger charge is -2.31. The van der Waals surface area contributed by atoms with Crippen LogP contribution in [0.5, 0.6) is 0 Å². The molecular weight excluding hydrogens is 350 g/mol. The molecule has 0 aromatic rings. The molecular formula is C24H47NO3. The van der Waals surface area contributed by atoms with Crippen molar-refractivity contribution in [1.82, 2.24) is 0 Å². The van der Waals surface area contributed by atoms with Crippen LogP contribution in [0.3, 0.4) is 0 Å². The molecule has 1 aliphatic carbocycles. The van der Waals surface area contributed by atoms with Gasteiger partial charge in [0.15, 0.2) is 0 Å². The van der Waals surface area contributed by atoms with Crippen molar-refractivity contribution in [3.63, 3.8) is 0 Å². The predicted octanol–water partition coefficient (Wildman–Crippen LogP) is 6.99. The van der Waals surface area contributed by atoms with Gasteiger partial charge in [0.05, 0.1) is 13.2 Å². The van der Waals surface area contributed by atoms with Gasteiger partial charge in [-0.15, -0.1) is 0 Å². The number of nitrogens with two attached hydrogens (primary N) is 1. The fourth-order valence-corrected chi connectivity index (χ4v) is 4.07. The third-order valence-electron chi connectivity index (χ3n) is 6.08. The van der Waals surface area contributed by atoms with E-state index in [0.717, 1.165) is 12.8 Å². The zero-order chi connectivity index (χ0) is 20.5. The lowest BCUT2D eigenvalue weighted by molar-refractivity contribution is 0.0208. The van der Waals surface area contributed by atoms with Gasteiger partial charge in [0.25, 0.3) is 0 Å². The van der Waals surface area contributed by atoms with Crippen molar-refractivity contribution < 1.29 is 14.3 Å². The van der Waals surface area contributed by atoms with Gasteiger partial charge in [0, 0.05) is 6.04 Å². The summed E-state index contributed by atoms with van der Waals surface area (Å²) in [4.78, 5) is 11.9. The Hall–Kier alpha value is -0.770. The lowest BCUT2D eigenvalue weighted by atomic mass is 9.82. The molecule has 0 aliphatic heterocycles. The number of rotatable bonds is 18. The highest BCUT2D eigenvalue weighted by atomic mass is 16.7. The Morgan fingerprint density at radius 3 is 1.82 bits per heavy atom. The van der Waals surface area contributed by atoms with E-state index in [1.807, 2.05) is 0 Å². The number of carbonyl (C=O) groups is 1. The van der Waals surface area contributed by atoms with Crippen molar-refractivity contribution in [1.29, 1.82) is 0 Å². The van der Waals surface area contributed by atoms with Gasteiger partial charge in [-0.3, -0.25) is 0 Å². The topological polar surface area (TPSA) is 61.5 Å². The Morgan fingerprint density at radius 2 is 1.32 bits per heavy atom. The smallest absolute Gasteiger partial charge is 0.434 e. The molecule has 4 nitrogen and oxygen atoms in total. The van der Waals surface area contributed by atoms with Crippen LogP contribution in [-0.2, 0) is 9.47 Å². The average Bonchev–Trinajstić information content (AvgIpc) is 2.67. The van der Waals surface area contributed by atoms with Gasteiger partial charge < -0.3 is 15.2 Å². The van der Waals surface area contributed by atoms with Crippen molar-refractivity contribution in [2.75, 3.05) is 13.2 Å². The lowest BCUT2D eigenvalue weighted by Crippen LogP contribution is -2.38. The number of carbonyl (C=O) groups excluding carboxylic acids is 1. The van der Waals surface area contributed by atoms with E-state index in [9.17, 15) is 4.79 Å². The maximum atomic E-state index is 11.9. The standard InChI is InChI=1S/C24H47NO3/c1-3-5-7-9-11-13-15-21(16-14-12-10-8-6-4-2)19-27-24(26)28-20-22-17-23(25)18-22/h21-23H,3-20,25H2,1-2H3. The minimum atomic E-state index is -0.489. The van der Waals surface area contributed by atoms with Crippen molar-refractivity contribution in [2.24, 2.45) is 17.6 Å². The molecule has 28 heavy (non-hydrogen) atoms. The van der Waals surface area contributed by atoms with E-state index < -0.39 is 6.16 Å². The molecule has 4 heteroatoms. The van der Waals surface area contributed by atoms with E-state index in [1.165, 1.54) is 89.9 Å². The number of ether oxygens (including phenoxy) is 2. The first-order valence-corrected chi connectivity index (χ1v) is 12.2. The van der Waals surface area contributed by atoms with E-state index in [2.05, 4.69) is 13.8 Å². The maximum absolute atomic E-state index is 11.9. The summed E-state index contributed by atoms with van der Waals surface area (Å²) in [5, 5.41) is 0. The van der Waals surface area contributed by atoms with Crippen LogP contribution in [0, 0.1) is 11.8 Å². The molecule has 0 aromatic carbocycles. The van der Waals surface area contributed by atoms with Gasteiger partial charge >= 0.3 is 6.16 Å². The molecule has 166 valence electrons. The second-order valence-electron chi connectivity index (χ2n) is 8.95. The SMILES string of the molecule is CCCCCCCCC(CCCCCCCC)COC(=O)OCC1CC(N)C1. The minimum absolute atomic E-state index is 0.295. The quantitative estimate of drug-likeness (QED) is 0.200. The van der Waals surface area contributed by atoms with Crippen LogP contribution in [-0.4, -0.2) is 25.4 Å². The van der Waals surface area contributed by atoms with Crippen molar-refractivity contribution >= 4 is 6.16 Å². The predicted molar refractivity (Wildman–Crippen MR) is 117 cm³/mol.